The van der Waals surface area contributed by atoms with Crippen LogP contribution in [0.3, 0.4) is 0 Å². The summed E-state index contributed by atoms with van der Waals surface area (Å²) in [5, 5.41) is 5.10. The second kappa shape index (κ2) is 6.60. The number of rotatable bonds is 3. The van der Waals surface area contributed by atoms with E-state index in [0.29, 0.717) is 24.6 Å². The Labute approximate surface area is 145 Å². The molecule has 2 aromatic rings. The predicted octanol–water partition coefficient (Wildman–Crippen LogP) is 2.07. The number of morpholine rings is 1. The number of carbonyl (C=O) groups is 1. The molecule has 1 unspecified atom stereocenters. The molecule has 0 bridgehead atoms. The predicted molar refractivity (Wildman–Crippen MR) is 90.9 cm³/mol. The van der Waals surface area contributed by atoms with Crippen molar-refractivity contribution in [2.45, 2.75) is 33.2 Å². The van der Waals surface area contributed by atoms with Crippen LogP contribution in [0, 0.1) is 5.41 Å². The van der Waals surface area contributed by atoms with Crippen LogP contribution < -0.4 is 0 Å². The molecule has 1 saturated heterocycles. The molecule has 3 heterocycles. The molecule has 0 aromatic carbocycles. The first kappa shape index (κ1) is 17.0. The van der Waals surface area contributed by atoms with E-state index < -0.39 is 0 Å². The lowest BCUT2D eigenvalue weighted by Gasteiger charge is -2.34. The van der Waals surface area contributed by atoms with Crippen LogP contribution in [0.1, 0.15) is 47.3 Å². The quantitative estimate of drug-likeness (QED) is 0.848. The zero-order valence-corrected chi connectivity index (χ0v) is 15.3. The van der Waals surface area contributed by atoms with Crippen molar-refractivity contribution in [2.24, 2.45) is 12.5 Å². The van der Waals surface area contributed by atoms with Crippen LogP contribution in [0.15, 0.2) is 12.5 Å². The van der Waals surface area contributed by atoms with E-state index in [1.54, 1.807) is 10.9 Å². The number of hydrogen-bond acceptors (Lipinski definition) is 6. The number of amides is 1. The summed E-state index contributed by atoms with van der Waals surface area (Å²) in [6.45, 7) is 8.02. The van der Waals surface area contributed by atoms with Crippen molar-refractivity contribution in [3.8, 4) is 0 Å². The number of thiazole rings is 1. The van der Waals surface area contributed by atoms with E-state index in [1.807, 2.05) is 11.9 Å². The summed E-state index contributed by atoms with van der Waals surface area (Å²) < 4.78 is 7.25. The third-order valence-corrected chi connectivity index (χ3v) is 4.87. The van der Waals surface area contributed by atoms with Gasteiger partial charge in [-0.05, 0) is 5.41 Å². The Kier molecular flexibility index (Phi) is 4.69. The molecule has 24 heavy (non-hydrogen) atoms. The van der Waals surface area contributed by atoms with Crippen LogP contribution in [-0.4, -0.2) is 50.3 Å². The lowest BCUT2D eigenvalue weighted by Crippen LogP contribution is -2.44. The zero-order valence-electron chi connectivity index (χ0n) is 14.5. The van der Waals surface area contributed by atoms with Crippen molar-refractivity contribution in [3.05, 3.63) is 28.2 Å². The van der Waals surface area contributed by atoms with E-state index in [9.17, 15) is 4.79 Å². The van der Waals surface area contributed by atoms with E-state index in [0.717, 1.165) is 17.3 Å². The fourth-order valence-electron chi connectivity index (χ4n) is 2.75. The van der Waals surface area contributed by atoms with Gasteiger partial charge in [-0.2, -0.15) is 5.10 Å². The van der Waals surface area contributed by atoms with Gasteiger partial charge in [-0.1, -0.05) is 20.8 Å². The summed E-state index contributed by atoms with van der Waals surface area (Å²) in [6.07, 6.45) is 4.05. The summed E-state index contributed by atoms with van der Waals surface area (Å²) in [4.78, 5) is 24.2. The highest BCUT2D eigenvalue weighted by molar-refractivity contribution is 7.13. The second-order valence-electron chi connectivity index (χ2n) is 7.19. The Morgan fingerprint density at radius 2 is 2.21 bits per heavy atom. The molecule has 1 atom stereocenters. The minimum atomic E-state index is -0.216. The van der Waals surface area contributed by atoms with Gasteiger partial charge in [0.2, 0.25) is 0 Å². The number of nitrogens with zero attached hydrogens (tertiary/aromatic N) is 5. The average Bonchev–Trinajstić information content (AvgIpc) is 3.14. The molecule has 0 radical (unpaired) electrons. The van der Waals surface area contributed by atoms with Crippen molar-refractivity contribution in [1.82, 2.24) is 24.6 Å². The fraction of sp³-hybridized carbons (Fsp3) is 0.625. The maximum absolute atomic E-state index is 13.0. The molecular weight excluding hydrogens is 326 g/mol. The Morgan fingerprint density at radius 1 is 1.42 bits per heavy atom. The maximum atomic E-state index is 13.0. The van der Waals surface area contributed by atoms with Gasteiger partial charge in [-0.25, -0.2) is 9.97 Å². The molecule has 2 aromatic heterocycles. The summed E-state index contributed by atoms with van der Waals surface area (Å²) in [6, 6.07) is -0.216. The van der Waals surface area contributed by atoms with E-state index in [4.69, 9.17) is 4.74 Å². The van der Waals surface area contributed by atoms with E-state index in [1.165, 1.54) is 17.7 Å². The van der Waals surface area contributed by atoms with Crippen LogP contribution in [0.5, 0.6) is 0 Å². The average molecular weight is 349 g/mol. The van der Waals surface area contributed by atoms with Gasteiger partial charge in [-0.15, -0.1) is 11.3 Å². The molecule has 7 nitrogen and oxygen atoms in total. The van der Waals surface area contributed by atoms with Crippen molar-refractivity contribution >= 4 is 17.2 Å². The standard InChI is InChI=1S/C16H23N5O2S/c1-16(2,3)7-13-17-8-12(24-13)15(22)21-5-6-23-9-11(21)14-18-10-19-20(14)4/h8,10-11H,5-7,9H2,1-4H3. The molecule has 0 saturated carbocycles. The Morgan fingerprint density at radius 3 is 2.88 bits per heavy atom. The van der Waals surface area contributed by atoms with E-state index >= 15 is 0 Å². The summed E-state index contributed by atoms with van der Waals surface area (Å²) in [7, 11) is 1.83. The van der Waals surface area contributed by atoms with Gasteiger partial charge in [-0.3, -0.25) is 9.48 Å². The van der Waals surface area contributed by atoms with Crippen LogP contribution in [-0.2, 0) is 18.2 Å². The van der Waals surface area contributed by atoms with E-state index in [-0.39, 0.29) is 17.4 Å². The Hall–Kier alpha value is -1.80. The minimum absolute atomic E-state index is 0.0102. The maximum Gasteiger partial charge on any atom is 0.266 e. The van der Waals surface area contributed by atoms with Crippen molar-refractivity contribution in [1.29, 1.82) is 0 Å². The van der Waals surface area contributed by atoms with Crippen LogP contribution in [0.25, 0.3) is 0 Å². The monoisotopic (exact) mass is 349 g/mol. The largest absolute Gasteiger partial charge is 0.377 e. The summed E-state index contributed by atoms with van der Waals surface area (Å²) in [5.74, 6) is 0.728. The van der Waals surface area contributed by atoms with Gasteiger partial charge < -0.3 is 9.64 Å². The third kappa shape index (κ3) is 3.64. The zero-order chi connectivity index (χ0) is 17.3. The highest BCUT2D eigenvalue weighted by Crippen LogP contribution is 2.28. The van der Waals surface area contributed by atoms with Crippen LogP contribution in [0.4, 0.5) is 0 Å². The van der Waals surface area contributed by atoms with Crippen LogP contribution in [0.2, 0.25) is 0 Å². The van der Waals surface area contributed by atoms with Gasteiger partial charge in [0.15, 0.2) is 5.82 Å². The number of aryl methyl sites for hydroxylation is 1. The van der Waals surface area contributed by atoms with Crippen molar-refractivity contribution < 1.29 is 9.53 Å². The highest BCUT2D eigenvalue weighted by atomic mass is 32.1. The minimum Gasteiger partial charge on any atom is -0.377 e. The van der Waals surface area contributed by atoms with Gasteiger partial charge in [0.05, 0.1) is 24.4 Å². The smallest absolute Gasteiger partial charge is 0.266 e. The molecule has 0 N–H and O–H groups in total. The lowest BCUT2D eigenvalue weighted by atomic mass is 9.93. The molecule has 8 heteroatoms. The molecular formula is C16H23N5O2S. The molecule has 0 spiro atoms. The topological polar surface area (TPSA) is 73.1 Å². The number of aromatic nitrogens is 4. The first-order chi connectivity index (χ1) is 11.3. The highest BCUT2D eigenvalue weighted by Gasteiger charge is 2.33. The lowest BCUT2D eigenvalue weighted by molar-refractivity contribution is -0.00594. The Bertz CT molecular complexity index is 718. The summed E-state index contributed by atoms with van der Waals surface area (Å²) in [5.41, 5.74) is 0.151. The molecule has 1 amide bonds. The fourth-order valence-corrected chi connectivity index (χ4v) is 3.93. The van der Waals surface area contributed by atoms with E-state index in [2.05, 4.69) is 35.8 Å². The molecule has 1 fully saturated rings. The van der Waals surface area contributed by atoms with Gasteiger partial charge in [0.25, 0.3) is 5.91 Å². The Balaban J connectivity index is 1.81. The van der Waals surface area contributed by atoms with Crippen molar-refractivity contribution in [2.75, 3.05) is 19.8 Å². The van der Waals surface area contributed by atoms with Crippen LogP contribution >= 0.6 is 11.3 Å². The van der Waals surface area contributed by atoms with Crippen molar-refractivity contribution in [3.63, 3.8) is 0 Å². The second-order valence-corrected chi connectivity index (χ2v) is 8.30. The molecule has 1 aliphatic rings. The first-order valence-corrected chi connectivity index (χ1v) is 8.84. The molecule has 130 valence electrons. The van der Waals surface area contributed by atoms with Gasteiger partial charge >= 0.3 is 0 Å². The number of ether oxygens (including phenoxy) is 1. The first-order valence-electron chi connectivity index (χ1n) is 8.02. The van der Waals surface area contributed by atoms with Gasteiger partial charge in [0.1, 0.15) is 17.2 Å². The molecule has 0 aliphatic carbocycles. The summed E-state index contributed by atoms with van der Waals surface area (Å²) >= 11 is 1.48. The third-order valence-electron chi connectivity index (χ3n) is 3.88. The molecule has 1 aliphatic heterocycles. The number of hydrogen-bond donors (Lipinski definition) is 0. The van der Waals surface area contributed by atoms with Gasteiger partial charge in [0, 0.05) is 20.0 Å². The normalized spacial score (nSPS) is 18.8. The molecule has 3 rings (SSSR count). The number of carbonyl (C=O) groups excluding carboxylic acids is 1. The SMILES string of the molecule is Cn1ncnc1C1COCCN1C(=O)c1cnc(CC(C)(C)C)s1.